The van der Waals surface area contributed by atoms with E-state index in [0.717, 1.165) is 11.8 Å². The number of likely N-dealkylation sites (N-methyl/N-ethyl adjacent to an activating group) is 1. The van der Waals surface area contributed by atoms with E-state index in [0.29, 0.717) is 12.1 Å². The van der Waals surface area contributed by atoms with Crippen molar-refractivity contribution >= 4 is 23.5 Å². The van der Waals surface area contributed by atoms with Crippen LogP contribution in [0.5, 0.6) is 0 Å². The smallest absolute Gasteiger partial charge is 0.0351 e. The Morgan fingerprint density at radius 3 is 2.71 bits per heavy atom. The summed E-state index contributed by atoms with van der Waals surface area (Å²) >= 11 is 3.93. The highest BCUT2D eigenvalue weighted by molar-refractivity contribution is 7.99. The molecule has 1 heterocycles. The van der Waals surface area contributed by atoms with Crippen LogP contribution in [0.3, 0.4) is 0 Å². The number of hydrogen-bond donors (Lipinski definition) is 1. The molecule has 84 valence electrons. The molecule has 1 aliphatic heterocycles. The Bertz CT molecular complexity index is 166. The monoisotopic (exact) mass is 234 g/mol. The van der Waals surface area contributed by atoms with Gasteiger partial charge in [0, 0.05) is 36.2 Å². The molecule has 3 atom stereocenters. The van der Waals surface area contributed by atoms with Crippen LogP contribution in [0, 0.1) is 0 Å². The minimum Gasteiger partial charge on any atom is -0.314 e. The summed E-state index contributed by atoms with van der Waals surface area (Å²) < 4.78 is 0. The molecule has 0 amide bonds. The van der Waals surface area contributed by atoms with E-state index in [-0.39, 0.29) is 0 Å². The zero-order valence-corrected chi connectivity index (χ0v) is 11.3. The number of thioether (sulfide) groups is 2. The second-order valence-electron chi connectivity index (χ2n) is 3.97. The van der Waals surface area contributed by atoms with Gasteiger partial charge < -0.3 is 5.32 Å². The third kappa shape index (κ3) is 3.05. The fourth-order valence-corrected chi connectivity index (χ4v) is 3.58. The number of nitrogens with zero attached hydrogens (tertiary/aromatic N) is 1. The van der Waals surface area contributed by atoms with Gasteiger partial charge in [-0.25, -0.2) is 0 Å². The Balaban J connectivity index is 2.45. The second-order valence-corrected chi connectivity index (χ2v) is 5.96. The molecule has 0 aromatic carbocycles. The Morgan fingerprint density at radius 2 is 2.14 bits per heavy atom. The minimum atomic E-state index is 0.685. The van der Waals surface area contributed by atoms with Gasteiger partial charge in [0.25, 0.3) is 0 Å². The fourth-order valence-electron chi connectivity index (χ4n) is 1.97. The standard InChI is InChI=1S/C10H22N2S2/c1-8(7-13-3)12(2)9-5-11-6-10(9)14-4/h8-11H,5-7H2,1-4H3. The summed E-state index contributed by atoms with van der Waals surface area (Å²) in [6.07, 6.45) is 4.40. The molecular weight excluding hydrogens is 212 g/mol. The minimum absolute atomic E-state index is 0.685. The molecule has 0 radical (unpaired) electrons. The summed E-state index contributed by atoms with van der Waals surface area (Å²) in [4.78, 5) is 2.54. The first-order valence-electron chi connectivity index (χ1n) is 5.15. The molecule has 14 heavy (non-hydrogen) atoms. The molecule has 1 N–H and O–H groups in total. The van der Waals surface area contributed by atoms with Gasteiger partial charge in [0.1, 0.15) is 0 Å². The molecule has 1 saturated heterocycles. The fraction of sp³-hybridized carbons (Fsp3) is 1.00. The van der Waals surface area contributed by atoms with Crippen LogP contribution in [0.1, 0.15) is 6.92 Å². The largest absolute Gasteiger partial charge is 0.314 e. The lowest BCUT2D eigenvalue weighted by molar-refractivity contribution is 0.214. The van der Waals surface area contributed by atoms with Crippen molar-refractivity contribution in [2.24, 2.45) is 0 Å². The molecule has 4 heteroatoms. The zero-order valence-electron chi connectivity index (χ0n) is 9.62. The maximum Gasteiger partial charge on any atom is 0.0351 e. The summed E-state index contributed by atoms with van der Waals surface area (Å²) in [5, 5.41) is 4.25. The molecule has 3 unspecified atom stereocenters. The number of nitrogens with one attached hydrogen (secondary N) is 1. The third-order valence-electron chi connectivity index (χ3n) is 3.06. The van der Waals surface area contributed by atoms with Crippen molar-refractivity contribution in [3.8, 4) is 0 Å². The van der Waals surface area contributed by atoms with Crippen molar-refractivity contribution < 1.29 is 0 Å². The molecule has 1 aliphatic rings. The molecule has 0 bridgehead atoms. The van der Waals surface area contributed by atoms with E-state index in [4.69, 9.17) is 0 Å². The van der Waals surface area contributed by atoms with Crippen LogP contribution in [-0.4, -0.2) is 60.6 Å². The van der Waals surface area contributed by atoms with Gasteiger partial charge in [-0.2, -0.15) is 23.5 Å². The van der Waals surface area contributed by atoms with Gasteiger partial charge in [0.05, 0.1) is 0 Å². The van der Waals surface area contributed by atoms with Crippen LogP contribution >= 0.6 is 23.5 Å². The van der Waals surface area contributed by atoms with Crippen molar-refractivity contribution in [1.29, 1.82) is 0 Å². The van der Waals surface area contributed by atoms with Crippen molar-refractivity contribution in [2.45, 2.75) is 24.3 Å². The molecule has 0 spiro atoms. The van der Waals surface area contributed by atoms with Gasteiger partial charge in [-0.15, -0.1) is 0 Å². The predicted molar refractivity (Wildman–Crippen MR) is 69.6 cm³/mol. The lowest BCUT2D eigenvalue weighted by Crippen LogP contribution is -2.45. The van der Waals surface area contributed by atoms with Crippen molar-refractivity contribution in [2.75, 3.05) is 38.4 Å². The number of hydrogen-bond acceptors (Lipinski definition) is 4. The third-order valence-corrected chi connectivity index (χ3v) is 4.96. The van der Waals surface area contributed by atoms with Gasteiger partial charge in [-0.05, 0) is 26.5 Å². The molecule has 1 rings (SSSR count). The van der Waals surface area contributed by atoms with Crippen LogP contribution in [0.4, 0.5) is 0 Å². The summed E-state index contributed by atoms with van der Waals surface area (Å²) in [5.41, 5.74) is 0. The second kappa shape index (κ2) is 6.26. The first-order chi connectivity index (χ1) is 6.70. The van der Waals surface area contributed by atoms with Gasteiger partial charge in [-0.3, -0.25) is 4.90 Å². The summed E-state index contributed by atoms with van der Waals surface area (Å²) in [6.45, 7) is 4.65. The Kier molecular flexibility index (Phi) is 5.67. The first-order valence-corrected chi connectivity index (χ1v) is 7.83. The highest BCUT2D eigenvalue weighted by Crippen LogP contribution is 2.21. The summed E-state index contributed by atoms with van der Waals surface area (Å²) in [6, 6.07) is 1.40. The molecule has 0 aromatic heterocycles. The van der Waals surface area contributed by atoms with Crippen molar-refractivity contribution in [3.05, 3.63) is 0 Å². The van der Waals surface area contributed by atoms with Crippen molar-refractivity contribution in [1.82, 2.24) is 10.2 Å². The quantitative estimate of drug-likeness (QED) is 0.772. The molecule has 0 saturated carbocycles. The molecule has 2 nitrogen and oxygen atoms in total. The molecule has 1 fully saturated rings. The number of rotatable bonds is 5. The van der Waals surface area contributed by atoms with Gasteiger partial charge in [0.2, 0.25) is 0 Å². The lowest BCUT2D eigenvalue weighted by Gasteiger charge is -2.32. The van der Waals surface area contributed by atoms with Crippen LogP contribution in [0.25, 0.3) is 0 Å². The average Bonchev–Trinajstić information content (AvgIpc) is 2.64. The normalized spacial score (nSPS) is 29.8. The maximum atomic E-state index is 3.48. The molecule has 0 aliphatic carbocycles. The Labute approximate surface area is 96.6 Å². The van der Waals surface area contributed by atoms with Crippen LogP contribution in [0.2, 0.25) is 0 Å². The van der Waals surface area contributed by atoms with Crippen LogP contribution < -0.4 is 5.32 Å². The van der Waals surface area contributed by atoms with E-state index in [1.165, 1.54) is 12.3 Å². The highest BCUT2D eigenvalue weighted by Gasteiger charge is 2.31. The predicted octanol–water partition coefficient (Wildman–Crippen LogP) is 1.37. The van der Waals surface area contributed by atoms with Crippen LogP contribution in [0.15, 0.2) is 0 Å². The Morgan fingerprint density at radius 1 is 1.43 bits per heavy atom. The molecular formula is C10H22N2S2. The zero-order chi connectivity index (χ0) is 10.6. The van der Waals surface area contributed by atoms with Gasteiger partial charge >= 0.3 is 0 Å². The highest BCUT2D eigenvalue weighted by atomic mass is 32.2. The lowest BCUT2D eigenvalue weighted by atomic mass is 10.2. The van der Waals surface area contributed by atoms with Crippen LogP contribution in [-0.2, 0) is 0 Å². The summed E-state index contributed by atoms with van der Waals surface area (Å²) in [7, 11) is 2.27. The van der Waals surface area contributed by atoms with E-state index in [1.807, 2.05) is 23.5 Å². The maximum absolute atomic E-state index is 3.48. The van der Waals surface area contributed by atoms with E-state index >= 15 is 0 Å². The van der Waals surface area contributed by atoms with Crippen molar-refractivity contribution in [3.63, 3.8) is 0 Å². The SMILES string of the molecule is CSCC(C)N(C)C1CNCC1SC. The van der Waals surface area contributed by atoms with Gasteiger partial charge in [0.15, 0.2) is 0 Å². The van der Waals surface area contributed by atoms with E-state index in [1.54, 1.807) is 0 Å². The summed E-state index contributed by atoms with van der Waals surface area (Å²) in [5.74, 6) is 1.23. The first kappa shape index (κ1) is 12.7. The topological polar surface area (TPSA) is 15.3 Å². The Hall–Kier alpha value is 0.620. The van der Waals surface area contributed by atoms with E-state index in [2.05, 4.69) is 36.7 Å². The average molecular weight is 234 g/mol. The van der Waals surface area contributed by atoms with Gasteiger partial charge in [-0.1, -0.05) is 0 Å². The molecule has 0 aromatic rings. The van der Waals surface area contributed by atoms with E-state index < -0.39 is 0 Å². The van der Waals surface area contributed by atoms with E-state index in [9.17, 15) is 0 Å².